The smallest absolute Gasteiger partial charge is 0.344 e. The van der Waals surface area contributed by atoms with E-state index in [-0.39, 0.29) is 12.2 Å². The van der Waals surface area contributed by atoms with E-state index < -0.39 is 0 Å². The van der Waals surface area contributed by atoms with Gasteiger partial charge >= 0.3 is 5.63 Å². The zero-order valence-corrected chi connectivity index (χ0v) is 16.2. The van der Waals surface area contributed by atoms with E-state index >= 15 is 0 Å². The van der Waals surface area contributed by atoms with Crippen LogP contribution in [0.3, 0.4) is 0 Å². The lowest BCUT2D eigenvalue weighted by Gasteiger charge is -2.10. The van der Waals surface area contributed by atoms with Crippen molar-refractivity contribution >= 4 is 27.3 Å². The summed E-state index contributed by atoms with van der Waals surface area (Å²) in [5, 5.41) is 11.4. The van der Waals surface area contributed by atoms with E-state index in [0.29, 0.717) is 23.3 Å². The molecule has 3 aromatic carbocycles. The van der Waals surface area contributed by atoms with Crippen molar-refractivity contribution in [3.63, 3.8) is 0 Å². The van der Waals surface area contributed by atoms with Crippen molar-refractivity contribution in [3.05, 3.63) is 94.4 Å². The van der Waals surface area contributed by atoms with Crippen LogP contribution >= 0.6 is 0 Å². The second-order valence-electron chi connectivity index (χ2n) is 6.85. The quantitative estimate of drug-likeness (QED) is 0.360. The first-order chi connectivity index (χ1) is 14.2. The molecule has 0 radical (unpaired) electrons. The second kappa shape index (κ2) is 8.33. The number of hydrogen-bond donors (Lipinski definition) is 1. The number of allylic oxidation sites excluding steroid dienone is 1. The molecule has 1 heterocycles. The number of fused-ring (bicyclic) bond motifs is 3. The van der Waals surface area contributed by atoms with Gasteiger partial charge in [0, 0.05) is 11.5 Å². The summed E-state index contributed by atoms with van der Waals surface area (Å²) in [5.41, 5.74) is 3.11. The van der Waals surface area contributed by atoms with E-state index in [2.05, 4.69) is 0 Å². The summed E-state index contributed by atoms with van der Waals surface area (Å²) in [6.45, 7) is 2.44. The fraction of sp³-hybridized carbons (Fsp3) is 0.160. The molecule has 0 aliphatic heterocycles. The fourth-order valence-electron chi connectivity index (χ4n) is 3.52. The zero-order valence-electron chi connectivity index (χ0n) is 16.2. The van der Waals surface area contributed by atoms with Crippen molar-refractivity contribution in [3.8, 4) is 5.75 Å². The highest BCUT2D eigenvalue weighted by Crippen LogP contribution is 2.29. The van der Waals surface area contributed by atoms with Crippen LogP contribution in [0.1, 0.15) is 24.5 Å². The molecule has 4 nitrogen and oxygen atoms in total. The molecule has 0 bridgehead atoms. The number of ether oxygens (including phenoxy) is 1. The van der Waals surface area contributed by atoms with Crippen molar-refractivity contribution in [2.75, 3.05) is 6.61 Å². The van der Waals surface area contributed by atoms with Crippen molar-refractivity contribution < 1.29 is 14.3 Å². The molecule has 0 amide bonds. The van der Waals surface area contributed by atoms with Crippen LogP contribution < -0.4 is 10.4 Å². The lowest BCUT2D eigenvalue weighted by atomic mass is 9.99. The van der Waals surface area contributed by atoms with Gasteiger partial charge in [0.25, 0.3) is 0 Å². The Morgan fingerprint density at radius 3 is 2.55 bits per heavy atom. The Bertz CT molecular complexity index is 1240. The maximum absolute atomic E-state index is 12.6. The summed E-state index contributed by atoms with van der Waals surface area (Å²) >= 11 is 0. The third-order valence-electron chi connectivity index (χ3n) is 5.02. The SMILES string of the molecule is CC/C(=C\CO)c1ccc2c(c1)c(=O)oc1cc(OCc3ccccc3)ccc12. The number of aliphatic hydroxyl groups is 1. The molecule has 0 saturated carbocycles. The van der Waals surface area contributed by atoms with E-state index in [9.17, 15) is 9.90 Å². The maximum Gasteiger partial charge on any atom is 0.344 e. The van der Waals surface area contributed by atoms with Gasteiger partial charge in [-0.15, -0.1) is 0 Å². The summed E-state index contributed by atoms with van der Waals surface area (Å²) in [6, 6.07) is 21.2. The third kappa shape index (κ3) is 3.93. The van der Waals surface area contributed by atoms with Gasteiger partial charge in [-0.2, -0.15) is 0 Å². The van der Waals surface area contributed by atoms with Crippen LogP contribution in [-0.4, -0.2) is 11.7 Å². The number of hydrogen-bond acceptors (Lipinski definition) is 4. The molecule has 1 N–H and O–H groups in total. The Labute approximate surface area is 168 Å². The van der Waals surface area contributed by atoms with Gasteiger partial charge in [0.15, 0.2) is 0 Å². The third-order valence-corrected chi connectivity index (χ3v) is 5.02. The molecule has 0 atom stereocenters. The van der Waals surface area contributed by atoms with Gasteiger partial charge in [-0.1, -0.05) is 55.5 Å². The Morgan fingerprint density at radius 1 is 1.00 bits per heavy atom. The Hall–Kier alpha value is -3.37. The Kier molecular flexibility index (Phi) is 5.45. The Morgan fingerprint density at radius 2 is 1.79 bits per heavy atom. The van der Waals surface area contributed by atoms with Crippen LogP contribution in [0.15, 0.2) is 82.0 Å². The molecular weight excluding hydrogens is 364 g/mol. The molecular formula is C25H22O4. The molecule has 0 spiro atoms. The molecule has 29 heavy (non-hydrogen) atoms. The van der Waals surface area contributed by atoms with E-state index in [4.69, 9.17) is 9.15 Å². The molecule has 0 fully saturated rings. The maximum atomic E-state index is 12.6. The van der Waals surface area contributed by atoms with Crippen LogP contribution in [0, 0.1) is 0 Å². The van der Waals surface area contributed by atoms with Crippen molar-refractivity contribution in [2.24, 2.45) is 0 Å². The summed E-state index contributed by atoms with van der Waals surface area (Å²) in [7, 11) is 0. The topological polar surface area (TPSA) is 59.7 Å². The molecule has 0 saturated heterocycles. The molecule has 0 aliphatic carbocycles. The largest absolute Gasteiger partial charge is 0.489 e. The summed E-state index contributed by atoms with van der Waals surface area (Å²) in [5.74, 6) is 0.652. The number of benzene rings is 3. The average molecular weight is 386 g/mol. The van der Waals surface area contributed by atoms with Gasteiger partial charge < -0.3 is 14.3 Å². The molecule has 4 rings (SSSR count). The standard InChI is InChI=1S/C25H22O4/c1-2-18(12-13-26)19-8-10-21-22-11-9-20(28-16-17-6-4-3-5-7-17)15-24(22)29-25(27)23(21)14-19/h3-12,14-15,26H,2,13,16H2,1H3/b18-12+. The van der Waals surface area contributed by atoms with Crippen LogP contribution in [0.2, 0.25) is 0 Å². The van der Waals surface area contributed by atoms with Crippen molar-refractivity contribution in [1.29, 1.82) is 0 Å². The van der Waals surface area contributed by atoms with Crippen LogP contribution in [0.25, 0.3) is 27.3 Å². The van der Waals surface area contributed by atoms with Crippen molar-refractivity contribution in [2.45, 2.75) is 20.0 Å². The average Bonchev–Trinajstić information content (AvgIpc) is 2.76. The molecule has 0 aliphatic rings. The molecule has 146 valence electrons. The summed E-state index contributed by atoms with van der Waals surface area (Å²) in [4.78, 5) is 12.6. The lowest BCUT2D eigenvalue weighted by Crippen LogP contribution is -2.01. The predicted octanol–water partition coefficient (Wildman–Crippen LogP) is 5.31. The van der Waals surface area contributed by atoms with Crippen LogP contribution in [0.5, 0.6) is 5.75 Å². The van der Waals surface area contributed by atoms with E-state index in [1.165, 1.54) is 0 Å². The van der Waals surface area contributed by atoms with Crippen molar-refractivity contribution in [1.82, 2.24) is 0 Å². The number of rotatable bonds is 6. The fourth-order valence-corrected chi connectivity index (χ4v) is 3.52. The van der Waals surface area contributed by atoms with Gasteiger partial charge in [0.05, 0.1) is 12.0 Å². The van der Waals surface area contributed by atoms with E-state index in [0.717, 1.165) is 33.9 Å². The minimum absolute atomic E-state index is 0.0285. The molecule has 4 heteroatoms. The molecule has 1 aromatic heterocycles. The number of aliphatic hydroxyl groups excluding tert-OH is 1. The highest BCUT2D eigenvalue weighted by molar-refractivity contribution is 6.05. The minimum Gasteiger partial charge on any atom is -0.489 e. The Balaban J connectivity index is 1.72. The monoisotopic (exact) mass is 386 g/mol. The first-order valence-corrected chi connectivity index (χ1v) is 9.67. The van der Waals surface area contributed by atoms with E-state index in [1.54, 1.807) is 12.1 Å². The van der Waals surface area contributed by atoms with Gasteiger partial charge in [-0.3, -0.25) is 0 Å². The van der Waals surface area contributed by atoms with Crippen LogP contribution in [-0.2, 0) is 6.61 Å². The predicted molar refractivity (Wildman–Crippen MR) is 116 cm³/mol. The highest BCUT2D eigenvalue weighted by atomic mass is 16.5. The van der Waals surface area contributed by atoms with Gasteiger partial charge in [0.1, 0.15) is 17.9 Å². The lowest BCUT2D eigenvalue weighted by molar-refractivity contribution is 0.306. The molecule has 4 aromatic rings. The van der Waals surface area contributed by atoms with E-state index in [1.807, 2.05) is 67.6 Å². The molecule has 0 unspecified atom stereocenters. The first kappa shape index (κ1) is 19.0. The minimum atomic E-state index is -0.381. The second-order valence-corrected chi connectivity index (χ2v) is 6.85. The summed E-state index contributed by atoms with van der Waals surface area (Å²) in [6.07, 6.45) is 2.53. The zero-order chi connectivity index (χ0) is 20.2. The summed E-state index contributed by atoms with van der Waals surface area (Å²) < 4.78 is 11.4. The van der Waals surface area contributed by atoms with Gasteiger partial charge in [0.2, 0.25) is 0 Å². The van der Waals surface area contributed by atoms with Gasteiger partial charge in [-0.05, 0) is 46.7 Å². The van der Waals surface area contributed by atoms with Crippen LogP contribution in [0.4, 0.5) is 0 Å². The normalized spacial score (nSPS) is 11.9. The highest BCUT2D eigenvalue weighted by Gasteiger charge is 2.11. The van der Waals surface area contributed by atoms with Gasteiger partial charge in [-0.25, -0.2) is 4.79 Å². The first-order valence-electron chi connectivity index (χ1n) is 9.67.